The number of benzene rings is 3. The Bertz CT molecular complexity index is 1160. The van der Waals surface area contributed by atoms with Crippen LogP contribution in [0.1, 0.15) is 29.2 Å². The maximum Gasteiger partial charge on any atom is 0.279 e. The van der Waals surface area contributed by atoms with Crippen LogP contribution in [-0.4, -0.2) is 18.5 Å². The van der Waals surface area contributed by atoms with Gasteiger partial charge in [-0.25, -0.2) is 8.78 Å². The van der Waals surface area contributed by atoms with Gasteiger partial charge >= 0.3 is 0 Å². The van der Waals surface area contributed by atoms with Crippen molar-refractivity contribution >= 4 is 15.7 Å². The standard InChI is InChI=1S/C22H18F2N2O2S/c1-15-2-12-20(13-3-15)29(27,28)26-22(17-6-10-19(24)11-7-17)14-21(25-26)16-4-8-18(23)9-5-16/h2-13,22H,14H2,1H3. The molecular formula is C22H18F2N2O2S. The van der Waals surface area contributed by atoms with Gasteiger partial charge < -0.3 is 0 Å². The van der Waals surface area contributed by atoms with Gasteiger partial charge in [0.2, 0.25) is 0 Å². The molecule has 29 heavy (non-hydrogen) atoms. The Labute approximate surface area is 168 Å². The Kier molecular flexibility index (Phi) is 4.92. The Morgan fingerprint density at radius 2 is 1.41 bits per heavy atom. The van der Waals surface area contributed by atoms with Gasteiger partial charge in [0.15, 0.2) is 0 Å². The summed E-state index contributed by atoms with van der Waals surface area (Å²) in [5, 5.41) is 4.38. The third kappa shape index (κ3) is 3.78. The molecule has 148 valence electrons. The summed E-state index contributed by atoms with van der Waals surface area (Å²) in [6.07, 6.45) is 0.294. The van der Waals surface area contributed by atoms with E-state index in [1.807, 2.05) is 6.92 Å². The van der Waals surface area contributed by atoms with Crippen LogP contribution in [0.25, 0.3) is 0 Å². The number of hydrogen-bond acceptors (Lipinski definition) is 3. The lowest BCUT2D eigenvalue weighted by atomic mass is 9.99. The number of aryl methyl sites for hydroxylation is 1. The number of sulfonamides is 1. The molecular weight excluding hydrogens is 394 g/mol. The van der Waals surface area contributed by atoms with Gasteiger partial charge in [0, 0.05) is 6.42 Å². The van der Waals surface area contributed by atoms with E-state index in [0.717, 1.165) is 9.98 Å². The van der Waals surface area contributed by atoms with Crippen molar-refractivity contribution in [1.29, 1.82) is 0 Å². The number of hydrogen-bond donors (Lipinski definition) is 0. The first kappa shape index (κ1) is 19.3. The summed E-state index contributed by atoms with van der Waals surface area (Å²) in [6.45, 7) is 1.87. The number of nitrogens with zero attached hydrogens (tertiary/aromatic N) is 2. The number of hydrazone groups is 1. The van der Waals surface area contributed by atoms with Crippen LogP contribution in [0, 0.1) is 18.6 Å². The Morgan fingerprint density at radius 1 is 0.862 bits per heavy atom. The molecule has 1 heterocycles. The Morgan fingerprint density at radius 3 is 2.00 bits per heavy atom. The largest absolute Gasteiger partial charge is 0.279 e. The van der Waals surface area contributed by atoms with Crippen molar-refractivity contribution < 1.29 is 17.2 Å². The molecule has 0 amide bonds. The smallest absolute Gasteiger partial charge is 0.207 e. The molecule has 0 saturated carbocycles. The predicted octanol–water partition coefficient (Wildman–Crippen LogP) is 4.81. The van der Waals surface area contributed by atoms with Crippen LogP contribution in [0.4, 0.5) is 8.78 Å². The summed E-state index contributed by atoms with van der Waals surface area (Å²) in [6, 6.07) is 17.4. The molecule has 0 saturated heterocycles. The first-order valence-electron chi connectivity index (χ1n) is 9.04. The van der Waals surface area contributed by atoms with Crippen molar-refractivity contribution in [1.82, 2.24) is 4.41 Å². The second kappa shape index (κ2) is 7.40. The van der Waals surface area contributed by atoms with E-state index in [2.05, 4.69) is 5.10 Å². The highest BCUT2D eigenvalue weighted by Gasteiger charge is 2.37. The van der Waals surface area contributed by atoms with Gasteiger partial charge in [-0.2, -0.15) is 17.9 Å². The maximum atomic E-state index is 13.4. The van der Waals surface area contributed by atoms with Crippen molar-refractivity contribution in [3.63, 3.8) is 0 Å². The highest BCUT2D eigenvalue weighted by molar-refractivity contribution is 7.89. The van der Waals surface area contributed by atoms with E-state index < -0.39 is 21.9 Å². The van der Waals surface area contributed by atoms with Gasteiger partial charge in [-0.15, -0.1) is 0 Å². The van der Waals surface area contributed by atoms with E-state index >= 15 is 0 Å². The Hall–Kier alpha value is -3.06. The fraction of sp³-hybridized carbons (Fsp3) is 0.136. The molecule has 0 aliphatic carbocycles. The summed E-state index contributed by atoms with van der Waals surface area (Å²) in [5.74, 6) is -0.786. The monoisotopic (exact) mass is 412 g/mol. The van der Waals surface area contributed by atoms with Gasteiger partial charge in [-0.3, -0.25) is 0 Å². The van der Waals surface area contributed by atoms with Gasteiger partial charge in [0.25, 0.3) is 10.0 Å². The van der Waals surface area contributed by atoms with Crippen molar-refractivity contribution in [2.45, 2.75) is 24.3 Å². The fourth-order valence-electron chi connectivity index (χ4n) is 3.28. The van der Waals surface area contributed by atoms with Crippen molar-refractivity contribution in [2.75, 3.05) is 0 Å². The fourth-order valence-corrected chi connectivity index (χ4v) is 4.71. The maximum absolute atomic E-state index is 13.4. The topological polar surface area (TPSA) is 49.7 Å². The van der Waals surface area contributed by atoms with Crippen LogP contribution in [0.3, 0.4) is 0 Å². The minimum absolute atomic E-state index is 0.124. The second-order valence-electron chi connectivity index (χ2n) is 6.92. The van der Waals surface area contributed by atoms with E-state index in [-0.39, 0.29) is 10.7 Å². The molecule has 0 radical (unpaired) electrons. The first-order valence-corrected chi connectivity index (χ1v) is 10.5. The highest BCUT2D eigenvalue weighted by Crippen LogP contribution is 2.37. The number of halogens is 2. The zero-order valence-electron chi connectivity index (χ0n) is 15.6. The van der Waals surface area contributed by atoms with Gasteiger partial charge in [-0.05, 0) is 54.4 Å². The summed E-state index contributed by atoms with van der Waals surface area (Å²) in [7, 11) is -3.93. The Balaban J connectivity index is 1.79. The van der Waals surface area contributed by atoms with Crippen LogP contribution >= 0.6 is 0 Å². The lowest BCUT2D eigenvalue weighted by molar-refractivity contribution is 0.371. The molecule has 4 nitrogen and oxygen atoms in total. The first-order chi connectivity index (χ1) is 13.8. The van der Waals surface area contributed by atoms with E-state index in [1.165, 1.54) is 36.4 Å². The molecule has 0 N–H and O–H groups in total. The lowest BCUT2D eigenvalue weighted by Gasteiger charge is -2.23. The SMILES string of the molecule is Cc1ccc(S(=O)(=O)N2N=C(c3ccc(F)cc3)CC2c2ccc(F)cc2)cc1. The molecule has 0 spiro atoms. The van der Waals surface area contributed by atoms with E-state index in [0.29, 0.717) is 23.3 Å². The highest BCUT2D eigenvalue weighted by atomic mass is 32.2. The van der Waals surface area contributed by atoms with Crippen LogP contribution in [0.15, 0.2) is 82.8 Å². The summed E-state index contributed by atoms with van der Waals surface area (Å²) < 4.78 is 54.4. The average Bonchev–Trinajstić information content (AvgIpc) is 3.16. The second-order valence-corrected chi connectivity index (χ2v) is 8.71. The number of rotatable bonds is 4. The summed E-state index contributed by atoms with van der Waals surface area (Å²) in [5.41, 5.74) is 2.73. The van der Waals surface area contributed by atoms with Gasteiger partial charge in [0.1, 0.15) is 11.6 Å². The quantitative estimate of drug-likeness (QED) is 0.617. The minimum atomic E-state index is -3.93. The van der Waals surface area contributed by atoms with Crippen LogP contribution in [-0.2, 0) is 10.0 Å². The molecule has 0 bridgehead atoms. The molecule has 1 aliphatic rings. The molecule has 3 aromatic carbocycles. The minimum Gasteiger partial charge on any atom is -0.207 e. The average molecular weight is 412 g/mol. The van der Waals surface area contributed by atoms with E-state index in [1.54, 1.807) is 36.4 Å². The van der Waals surface area contributed by atoms with Gasteiger partial charge in [0.05, 0.1) is 16.6 Å². The van der Waals surface area contributed by atoms with Crippen LogP contribution in [0.2, 0.25) is 0 Å². The van der Waals surface area contributed by atoms with Crippen LogP contribution in [0.5, 0.6) is 0 Å². The van der Waals surface area contributed by atoms with E-state index in [9.17, 15) is 17.2 Å². The molecule has 3 aromatic rings. The zero-order chi connectivity index (χ0) is 20.6. The van der Waals surface area contributed by atoms with Crippen molar-refractivity contribution in [3.05, 3.63) is 101 Å². The molecule has 4 rings (SSSR count). The third-order valence-electron chi connectivity index (χ3n) is 4.87. The molecule has 1 unspecified atom stereocenters. The predicted molar refractivity (Wildman–Crippen MR) is 107 cm³/mol. The van der Waals surface area contributed by atoms with Crippen molar-refractivity contribution in [3.8, 4) is 0 Å². The van der Waals surface area contributed by atoms with E-state index in [4.69, 9.17) is 0 Å². The van der Waals surface area contributed by atoms with Crippen molar-refractivity contribution in [2.24, 2.45) is 5.10 Å². The summed E-state index contributed by atoms with van der Waals surface area (Å²) in [4.78, 5) is 0.124. The third-order valence-corrected chi connectivity index (χ3v) is 6.57. The van der Waals surface area contributed by atoms with Crippen LogP contribution < -0.4 is 0 Å². The molecule has 1 aliphatic heterocycles. The summed E-state index contributed by atoms with van der Waals surface area (Å²) >= 11 is 0. The molecule has 0 fully saturated rings. The van der Waals surface area contributed by atoms with Gasteiger partial charge in [-0.1, -0.05) is 42.0 Å². The lowest BCUT2D eigenvalue weighted by Crippen LogP contribution is -2.27. The zero-order valence-corrected chi connectivity index (χ0v) is 16.4. The molecule has 7 heteroatoms. The normalized spacial score (nSPS) is 16.7. The molecule has 0 aromatic heterocycles. The molecule has 1 atom stereocenters.